The Balaban J connectivity index is 1.94. The van der Waals surface area contributed by atoms with E-state index in [0.29, 0.717) is 11.3 Å². The molecule has 0 aliphatic rings. The van der Waals surface area contributed by atoms with Crippen molar-refractivity contribution in [2.24, 2.45) is 0 Å². The number of rotatable bonds is 2. The third kappa shape index (κ3) is 3.35. The summed E-state index contributed by atoms with van der Waals surface area (Å²) >= 11 is 0. The van der Waals surface area contributed by atoms with Crippen LogP contribution in [0.15, 0.2) is 42.7 Å². The van der Waals surface area contributed by atoms with Crippen LogP contribution in [0.25, 0.3) is 0 Å². The summed E-state index contributed by atoms with van der Waals surface area (Å²) in [5, 5.41) is 0. The third-order valence-corrected chi connectivity index (χ3v) is 2.34. The van der Waals surface area contributed by atoms with Crippen molar-refractivity contribution in [3.8, 4) is 0 Å². The molecule has 1 aromatic heterocycles. The molecule has 1 aromatic carbocycles. The van der Waals surface area contributed by atoms with Crippen LogP contribution >= 0.6 is 0 Å². The van der Waals surface area contributed by atoms with Crippen molar-refractivity contribution in [3.63, 3.8) is 0 Å². The highest BCUT2D eigenvalue weighted by Gasteiger charge is 2.09. The maximum atomic E-state index is 11.7. The van der Waals surface area contributed by atoms with E-state index >= 15 is 0 Å². The molecule has 0 spiro atoms. The van der Waals surface area contributed by atoms with Gasteiger partial charge in [0.1, 0.15) is 5.69 Å². The van der Waals surface area contributed by atoms with Crippen molar-refractivity contribution < 1.29 is 9.59 Å². The van der Waals surface area contributed by atoms with Gasteiger partial charge < -0.3 is 0 Å². The van der Waals surface area contributed by atoms with Gasteiger partial charge in [-0.05, 0) is 19.1 Å². The highest BCUT2D eigenvalue weighted by Crippen LogP contribution is 1.97. The van der Waals surface area contributed by atoms with Gasteiger partial charge in [0.2, 0.25) is 0 Å². The Morgan fingerprint density at radius 3 is 2.26 bits per heavy atom. The fraction of sp³-hybridized carbons (Fsp3) is 0.0769. The maximum Gasteiger partial charge on any atom is 0.289 e. The molecular weight excluding hydrogens is 244 g/mol. The van der Waals surface area contributed by atoms with Crippen molar-refractivity contribution in [1.82, 2.24) is 20.8 Å². The molecule has 2 rings (SSSR count). The van der Waals surface area contributed by atoms with Crippen molar-refractivity contribution >= 4 is 11.8 Å². The molecule has 6 nitrogen and oxygen atoms in total. The number of hydrazine groups is 1. The Morgan fingerprint density at radius 2 is 1.63 bits per heavy atom. The molecule has 0 atom stereocenters. The summed E-state index contributed by atoms with van der Waals surface area (Å²) in [5.41, 5.74) is 5.89. The van der Waals surface area contributed by atoms with Gasteiger partial charge in [0.05, 0.1) is 11.9 Å². The second-order valence-corrected chi connectivity index (χ2v) is 3.82. The van der Waals surface area contributed by atoms with E-state index in [0.717, 1.165) is 0 Å². The predicted octanol–water partition coefficient (Wildman–Crippen LogP) is 0.860. The molecule has 0 fully saturated rings. The van der Waals surface area contributed by atoms with Gasteiger partial charge in [-0.3, -0.25) is 25.4 Å². The summed E-state index contributed by atoms with van der Waals surface area (Å²) in [4.78, 5) is 31.2. The molecule has 19 heavy (non-hydrogen) atoms. The zero-order valence-corrected chi connectivity index (χ0v) is 10.3. The second-order valence-electron chi connectivity index (χ2n) is 3.82. The first-order valence-electron chi connectivity index (χ1n) is 5.61. The van der Waals surface area contributed by atoms with E-state index in [2.05, 4.69) is 20.8 Å². The molecule has 0 unspecified atom stereocenters. The fourth-order valence-corrected chi connectivity index (χ4v) is 1.35. The first-order chi connectivity index (χ1) is 9.16. The first-order valence-corrected chi connectivity index (χ1v) is 5.61. The average Bonchev–Trinajstić information content (AvgIpc) is 2.46. The normalized spacial score (nSPS) is 9.74. The topological polar surface area (TPSA) is 84.0 Å². The van der Waals surface area contributed by atoms with E-state index in [1.165, 1.54) is 12.4 Å². The molecule has 2 aromatic rings. The van der Waals surface area contributed by atoms with Crippen LogP contribution < -0.4 is 10.9 Å². The predicted molar refractivity (Wildman–Crippen MR) is 68.1 cm³/mol. The van der Waals surface area contributed by atoms with E-state index in [-0.39, 0.29) is 5.69 Å². The van der Waals surface area contributed by atoms with Gasteiger partial charge in [-0.2, -0.15) is 0 Å². The van der Waals surface area contributed by atoms with Crippen molar-refractivity contribution in [2.45, 2.75) is 6.92 Å². The van der Waals surface area contributed by atoms with Gasteiger partial charge in [0.15, 0.2) is 0 Å². The van der Waals surface area contributed by atoms with Gasteiger partial charge in [-0.25, -0.2) is 4.98 Å². The zero-order valence-electron chi connectivity index (χ0n) is 10.3. The van der Waals surface area contributed by atoms with E-state index in [1.807, 2.05) is 0 Å². The molecule has 0 bridgehead atoms. The van der Waals surface area contributed by atoms with Gasteiger partial charge >= 0.3 is 0 Å². The van der Waals surface area contributed by atoms with Crippen LogP contribution in [-0.4, -0.2) is 21.8 Å². The molecule has 0 saturated heterocycles. The highest BCUT2D eigenvalue weighted by molar-refractivity contribution is 5.98. The second kappa shape index (κ2) is 5.72. The van der Waals surface area contributed by atoms with E-state index in [4.69, 9.17) is 0 Å². The third-order valence-electron chi connectivity index (χ3n) is 2.34. The number of carbonyl (C=O) groups excluding carboxylic acids is 2. The number of nitrogens with one attached hydrogen (secondary N) is 2. The lowest BCUT2D eigenvalue weighted by Gasteiger charge is -2.06. The fourth-order valence-electron chi connectivity index (χ4n) is 1.35. The quantitative estimate of drug-likeness (QED) is 0.780. The van der Waals surface area contributed by atoms with Crippen LogP contribution in [-0.2, 0) is 0 Å². The summed E-state index contributed by atoms with van der Waals surface area (Å²) < 4.78 is 0. The SMILES string of the molecule is Cc1cnc(C(=O)NNC(=O)c2ccccc2)cn1. The summed E-state index contributed by atoms with van der Waals surface area (Å²) in [5.74, 6) is -0.911. The van der Waals surface area contributed by atoms with Gasteiger partial charge in [-0.15, -0.1) is 0 Å². The molecule has 0 aliphatic carbocycles. The average molecular weight is 256 g/mol. The Labute approximate surface area is 109 Å². The number of benzene rings is 1. The summed E-state index contributed by atoms with van der Waals surface area (Å²) in [6.07, 6.45) is 2.83. The van der Waals surface area contributed by atoms with Crippen LogP contribution in [0.3, 0.4) is 0 Å². The van der Waals surface area contributed by atoms with Crippen LogP contribution in [0, 0.1) is 6.92 Å². The van der Waals surface area contributed by atoms with Gasteiger partial charge in [-0.1, -0.05) is 18.2 Å². The number of amides is 2. The first kappa shape index (κ1) is 12.7. The minimum Gasteiger partial charge on any atom is -0.267 e. The maximum absolute atomic E-state index is 11.7. The molecule has 2 amide bonds. The minimum absolute atomic E-state index is 0.138. The highest BCUT2D eigenvalue weighted by atomic mass is 16.2. The minimum atomic E-state index is -0.517. The van der Waals surface area contributed by atoms with E-state index < -0.39 is 11.8 Å². The molecule has 1 heterocycles. The van der Waals surface area contributed by atoms with Gasteiger partial charge in [0, 0.05) is 11.8 Å². The standard InChI is InChI=1S/C13H12N4O2/c1-9-7-15-11(8-14-9)13(19)17-16-12(18)10-5-3-2-4-6-10/h2-8H,1H3,(H,16,18)(H,17,19). The monoisotopic (exact) mass is 256 g/mol. The molecule has 0 saturated carbocycles. The zero-order chi connectivity index (χ0) is 13.7. The molecule has 2 N–H and O–H groups in total. The number of hydrogen-bond acceptors (Lipinski definition) is 4. The lowest BCUT2D eigenvalue weighted by molar-refractivity contribution is 0.0843. The summed E-state index contributed by atoms with van der Waals surface area (Å²) in [6, 6.07) is 8.57. The Hall–Kier alpha value is -2.76. The molecule has 6 heteroatoms. The van der Waals surface area contributed by atoms with Crippen LogP contribution in [0.1, 0.15) is 26.5 Å². The Bertz CT molecular complexity index is 581. The van der Waals surface area contributed by atoms with Crippen molar-refractivity contribution in [1.29, 1.82) is 0 Å². The number of aryl methyl sites for hydroxylation is 1. The molecule has 0 aliphatic heterocycles. The summed E-state index contributed by atoms with van der Waals surface area (Å²) in [6.45, 7) is 1.77. The van der Waals surface area contributed by atoms with Crippen molar-refractivity contribution in [2.75, 3.05) is 0 Å². The summed E-state index contributed by atoms with van der Waals surface area (Å²) in [7, 11) is 0. The largest absolute Gasteiger partial charge is 0.289 e. The van der Waals surface area contributed by atoms with E-state index in [1.54, 1.807) is 37.3 Å². The Morgan fingerprint density at radius 1 is 0.947 bits per heavy atom. The molecule has 96 valence electrons. The number of aromatic nitrogens is 2. The molecular formula is C13H12N4O2. The molecule has 0 radical (unpaired) electrons. The van der Waals surface area contributed by atoms with Gasteiger partial charge in [0.25, 0.3) is 11.8 Å². The smallest absolute Gasteiger partial charge is 0.267 e. The number of hydrogen-bond donors (Lipinski definition) is 2. The van der Waals surface area contributed by atoms with Crippen LogP contribution in [0.2, 0.25) is 0 Å². The van der Waals surface area contributed by atoms with Crippen molar-refractivity contribution in [3.05, 3.63) is 59.7 Å². The van der Waals surface area contributed by atoms with Crippen LogP contribution in [0.4, 0.5) is 0 Å². The lowest BCUT2D eigenvalue weighted by atomic mass is 10.2. The number of nitrogens with zero attached hydrogens (tertiary/aromatic N) is 2. The van der Waals surface area contributed by atoms with E-state index in [9.17, 15) is 9.59 Å². The lowest BCUT2D eigenvalue weighted by Crippen LogP contribution is -2.42. The number of carbonyl (C=O) groups is 2. The Kier molecular flexibility index (Phi) is 3.82. The van der Waals surface area contributed by atoms with Crippen LogP contribution in [0.5, 0.6) is 0 Å².